The number of pyridine rings is 1. The Labute approximate surface area is 69.6 Å². The third kappa shape index (κ3) is 1.50. The van der Waals surface area contributed by atoms with Crippen LogP contribution in [0.25, 0.3) is 0 Å². The van der Waals surface area contributed by atoms with Crippen LogP contribution in [0.1, 0.15) is 6.92 Å². The third-order valence-corrected chi connectivity index (χ3v) is 1.33. The predicted octanol–water partition coefficient (Wildman–Crippen LogP) is 0.00650. The fourth-order valence-electron chi connectivity index (χ4n) is 0.801. The van der Waals surface area contributed by atoms with E-state index in [-0.39, 0.29) is 10.4 Å². The van der Waals surface area contributed by atoms with Gasteiger partial charge in [0.05, 0.1) is 12.7 Å². The Morgan fingerprint density at radius 1 is 1.75 bits per heavy atom. The molecule has 0 fully saturated rings. The van der Waals surface area contributed by atoms with Crippen LogP contribution in [0.15, 0.2) is 12.3 Å². The highest BCUT2D eigenvalue weighted by atomic mass is 16.5. The van der Waals surface area contributed by atoms with Crippen molar-refractivity contribution in [3.8, 4) is 11.6 Å². The highest BCUT2D eigenvalue weighted by molar-refractivity contribution is 5.50. The maximum Gasteiger partial charge on any atom is 0.380 e. The molecule has 0 saturated carbocycles. The van der Waals surface area contributed by atoms with Crippen LogP contribution in [0.2, 0.25) is 0 Å². The molecule has 0 radical (unpaired) electrons. The monoisotopic (exact) mass is 170 g/mol. The normalized spacial score (nSPS) is 9.75. The lowest BCUT2D eigenvalue weighted by atomic mass is 10.4. The second-order valence-corrected chi connectivity index (χ2v) is 2.21. The lowest BCUT2D eigenvalue weighted by Crippen LogP contribution is -2.26. The number of nitrogens with two attached hydrogens (primary N) is 1. The van der Waals surface area contributed by atoms with Gasteiger partial charge in [-0.15, -0.1) is 4.73 Å². The van der Waals surface area contributed by atoms with E-state index in [1.165, 1.54) is 6.07 Å². The van der Waals surface area contributed by atoms with Gasteiger partial charge in [-0.1, -0.05) is 0 Å². The molecule has 3 N–H and O–H groups in total. The van der Waals surface area contributed by atoms with Crippen LogP contribution in [0, 0.1) is 5.21 Å². The molecule has 5 nitrogen and oxygen atoms in total. The summed E-state index contributed by atoms with van der Waals surface area (Å²) in [6.07, 6.45) is 1.06. The van der Waals surface area contributed by atoms with Crippen LogP contribution in [0.3, 0.4) is 0 Å². The fraction of sp³-hybridized carbons (Fsp3) is 0.286. The van der Waals surface area contributed by atoms with Gasteiger partial charge in [0, 0.05) is 0 Å². The smallest absolute Gasteiger partial charge is 0.380 e. The van der Waals surface area contributed by atoms with E-state index in [1.54, 1.807) is 6.92 Å². The number of aromatic hydroxyl groups is 1. The van der Waals surface area contributed by atoms with Crippen molar-refractivity contribution in [2.24, 2.45) is 0 Å². The average Bonchev–Trinajstić information content (AvgIpc) is 2.01. The molecule has 0 spiro atoms. The van der Waals surface area contributed by atoms with Crippen LogP contribution < -0.4 is 15.2 Å². The van der Waals surface area contributed by atoms with E-state index in [4.69, 9.17) is 15.6 Å². The average molecular weight is 170 g/mol. The molecule has 1 heterocycles. The minimum Gasteiger partial charge on any atom is -0.616 e. The van der Waals surface area contributed by atoms with Crippen LogP contribution in [-0.4, -0.2) is 11.7 Å². The molecule has 0 unspecified atom stereocenters. The van der Waals surface area contributed by atoms with E-state index >= 15 is 0 Å². The molecule has 1 aromatic heterocycles. The molecule has 5 heteroatoms. The number of rotatable bonds is 2. The molecule has 1 rings (SSSR count). The standard InChI is InChI=1S/C7H10N2O3/c1-2-12-6-3-7(10)9(11)4-5(6)8/h3-4,10H,2,8H2,1H3. The van der Waals surface area contributed by atoms with Gasteiger partial charge < -0.3 is 20.8 Å². The number of nitrogens with zero attached hydrogens (tertiary/aromatic N) is 1. The summed E-state index contributed by atoms with van der Waals surface area (Å²) in [5.74, 6) is -0.102. The summed E-state index contributed by atoms with van der Waals surface area (Å²) in [7, 11) is 0. The maximum atomic E-state index is 10.7. The van der Waals surface area contributed by atoms with Crippen molar-refractivity contribution >= 4 is 5.69 Å². The molecule has 0 atom stereocenters. The summed E-state index contributed by atoms with van der Waals surface area (Å²) in [6, 6.07) is 1.19. The van der Waals surface area contributed by atoms with Crippen LogP contribution >= 0.6 is 0 Å². The first kappa shape index (κ1) is 8.45. The lowest BCUT2D eigenvalue weighted by molar-refractivity contribution is -0.612. The summed E-state index contributed by atoms with van der Waals surface area (Å²) in [4.78, 5) is 0. The van der Waals surface area contributed by atoms with Gasteiger partial charge in [0.15, 0.2) is 5.75 Å². The number of nitrogen functional groups attached to an aromatic ring is 1. The first-order chi connectivity index (χ1) is 5.65. The lowest BCUT2D eigenvalue weighted by Gasteiger charge is -2.06. The van der Waals surface area contributed by atoms with Crippen LogP contribution in [0.4, 0.5) is 5.69 Å². The van der Waals surface area contributed by atoms with Crippen LogP contribution in [-0.2, 0) is 0 Å². The second kappa shape index (κ2) is 3.17. The number of hydrogen-bond donors (Lipinski definition) is 2. The van der Waals surface area contributed by atoms with Crippen molar-refractivity contribution in [1.82, 2.24) is 0 Å². The number of hydrogen-bond acceptors (Lipinski definition) is 4. The van der Waals surface area contributed by atoms with Gasteiger partial charge >= 0.3 is 5.88 Å². The van der Waals surface area contributed by atoms with E-state index in [0.717, 1.165) is 6.20 Å². The third-order valence-electron chi connectivity index (χ3n) is 1.33. The van der Waals surface area contributed by atoms with Crippen molar-refractivity contribution in [1.29, 1.82) is 0 Å². The first-order valence-corrected chi connectivity index (χ1v) is 3.49. The van der Waals surface area contributed by atoms with Crippen molar-refractivity contribution in [3.63, 3.8) is 0 Å². The minimum absolute atomic E-state index is 0.213. The zero-order valence-corrected chi connectivity index (χ0v) is 6.65. The zero-order valence-electron chi connectivity index (χ0n) is 6.65. The molecule has 0 amide bonds. The van der Waals surface area contributed by atoms with E-state index < -0.39 is 5.88 Å². The minimum atomic E-state index is -0.423. The Kier molecular flexibility index (Phi) is 2.23. The van der Waals surface area contributed by atoms with Crippen molar-refractivity contribution in [3.05, 3.63) is 17.5 Å². The van der Waals surface area contributed by atoms with Gasteiger partial charge in [-0.2, -0.15) is 0 Å². The number of ether oxygens (including phenoxy) is 1. The van der Waals surface area contributed by atoms with E-state index in [9.17, 15) is 5.21 Å². The summed E-state index contributed by atoms with van der Waals surface area (Å²) in [5, 5.41) is 19.7. The van der Waals surface area contributed by atoms with Gasteiger partial charge in [0.25, 0.3) is 0 Å². The highest BCUT2D eigenvalue weighted by Gasteiger charge is 2.09. The Bertz CT molecular complexity index is 288. The Balaban J connectivity index is 3.05. The van der Waals surface area contributed by atoms with Crippen molar-refractivity contribution in [2.45, 2.75) is 6.92 Å². The first-order valence-electron chi connectivity index (χ1n) is 3.49. The Morgan fingerprint density at radius 3 is 3.00 bits per heavy atom. The Morgan fingerprint density at radius 2 is 2.42 bits per heavy atom. The molecule has 0 bridgehead atoms. The summed E-state index contributed by atoms with van der Waals surface area (Å²) < 4.78 is 5.31. The topological polar surface area (TPSA) is 82.4 Å². The van der Waals surface area contributed by atoms with Gasteiger partial charge in [0.2, 0.25) is 6.20 Å². The largest absolute Gasteiger partial charge is 0.616 e. The second-order valence-electron chi connectivity index (χ2n) is 2.21. The van der Waals surface area contributed by atoms with Crippen molar-refractivity contribution in [2.75, 3.05) is 12.3 Å². The van der Waals surface area contributed by atoms with E-state index in [2.05, 4.69) is 0 Å². The molecular weight excluding hydrogens is 160 g/mol. The van der Waals surface area contributed by atoms with E-state index in [1.807, 2.05) is 0 Å². The van der Waals surface area contributed by atoms with Gasteiger partial charge in [-0.25, -0.2) is 0 Å². The predicted molar refractivity (Wildman–Crippen MR) is 42.6 cm³/mol. The molecule has 0 saturated heterocycles. The summed E-state index contributed by atoms with van der Waals surface area (Å²) >= 11 is 0. The SMILES string of the molecule is CCOc1cc(O)[n+]([O-])cc1N. The van der Waals surface area contributed by atoms with E-state index in [0.29, 0.717) is 12.4 Å². The van der Waals surface area contributed by atoms with Gasteiger partial charge in [0.1, 0.15) is 5.69 Å². The molecule has 12 heavy (non-hydrogen) atoms. The molecule has 0 aliphatic heterocycles. The molecular formula is C7H10N2O3. The molecule has 0 aliphatic rings. The van der Waals surface area contributed by atoms with Gasteiger partial charge in [-0.3, -0.25) is 0 Å². The van der Waals surface area contributed by atoms with Crippen LogP contribution in [0.5, 0.6) is 11.6 Å². The summed E-state index contributed by atoms with van der Waals surface area (Å²) in [5.41, 5.74) is 5.63. The number of aromatic nitrogens is 1. The molecule has 0 aromatic carbocycles. The molecule has 0 aliphatic carbocycles. The van der Waals surface area contributed by atoms with Crippen molar-refractivity contribution < 1.29 is 14.6 Å². The quantitative estimate of drug-likeness (QED) is 0.483. The Hall–Kier alpha value is -1.65. The van der Waals surface area contributed by atoms with Gasteiger partial charge in [-0.05, 0) is 6.92 Å². The summed E-state index contributed by atoms with van der Waals surface area (Å²) in [6.45, 7) is 2.22. The molecule has 66 valence electrons. The fourth-order valence-corrected chi connectivity index (χ4v) is 0.801. The maximum absolute atomic E-state index is 10.7. The highest BCUT2D eigenvalue weighted by Crippen LogP contribution is 2.21. The zero-order chi connectivity index (χ0) is 9.14. The molecule has 1 aromatic rings. The number of anilines is 1.